The fourth-order valence-electron chi connectivity index (χ4n) is 2.84. The van der Waals surface area contributed by atoms with Crippen LogP contribution in [0.1, 0.15) is 16.7 Å². The first-order valence-electron chi connectivity index (χ1n) is 8.92. The summed E-state index contributed by atoms with van der Waals surface area (Å²) in [5.74, 6) is 1.00. The molecule has 7 heteroatoms. The summed E-state index contributed by atoms with van der Waals surface area (Å²) in [7, 11) is 1.54. The molecule has 0 unspecified atom stereocenters. The van der Waals surface area contributed by atoms with Gasteiger partial charge in [0.1, 0.15) is 6.61 Å². The second-order valence-electron chi connectivity index (χ2n) is 6.27. The van der Waals surface area contributed by atoms with E-state index in [9.17, 15) is 15.4 Å². The van der Waals surface area contributed by atoms with Gasteiger partial charge >= 0.3 is 0 Å². The number of hydrogen-bond donors (Lipinski definition) is 0. The van der Waals surface area contributed by atoms with Crippen LogP contribution in [0.25, 0.3) is 11.6 Å². The third-order valence-electron chi connectivity index (χ3n) is 4.31. The number of benzene rings is 3. The minimum atomic E-state index is -0.483. The van der Waals surface area contributed by atoms with Crippen LogP contribution in [0.2, 0.25) is 5.02 Å². The zero-order chi connectivity index (χ0) is 21.5. The molecule has 30 heavy (non-hydrogen) atoms. The van der Waals surface area contributed by atoms with Crippen molar-refractivity contribution in [1.82, 2.24) is 0 Å². The molecule has 0 heterocycles. The zero-order valence-corrected chi connectivity index (χ0v) is 16.8. The summed E-state index contributed by atoms with van der Waals surface area (Å²) < 4.78 is 11.4. The van der Waals surface area contributed by atoms with Gasteiger partial charge in [0.05, 0.1) is 23.7 Å². The van der Waals surface area contributed by atoms with Crippen LogP contribution in [0.3, 0.4) is 0 Å². The van der Waals surface area contributed by atoms with Gasteiger partial charge in [0.2, 0.25) is 0 Å². The molecule has 0 atom stereocenters. The van der Waals surface area contributed by atoms with Crippen molar-refractivity contribution in [2.24, 2.45) is 0 Å². The Labute approximate surface area is 178 Å². The van der Waals surface area contributed by atoms with Crippen LogP contribution in [0, 0.1) is 21.4 Å². The standard InChI is InChI=1S/C23H17ClN2O4/c1-29-22-7-3-5-18(23(22)30-15-16-4-2-6-20(24)12-16)13-19(14-25)17-8-10-21(11-9-17)26(27)28/h2-13H,15H2,1H3. The van der Waals surface area contributed by atoms with E-state index in [1.165, 1.54) is 19.2 Å². The third kappa shape index (κ3) is 4.96. The maximum atomic E-state index is 10.9. The number of para-hydroxylation sites is 1. The van der Waals surface area contributed by atoms with Gasteiger partial charge in [-0.15, -0.1) is 0 Å². The predicted octanol–water partition coefficient (Wildman–Crippen LogP) is 5.90. The average Bonchev–Trinajstić information content (AvgIpc) is 2.76. The van der Waals surface area contributed by atoms with Crippen molar-refractivity contribution in [2.75, 3.05) is 7.11 Å². The number of allylic oxidation sites excluding steroid dienone is 1. The molecule has 0 fully saturated rings. The van der Waals surface area contributed by atoms with Gasteiger partial charge in [-0.25, -0.2) is 0 Å². The molecule has 0 radical (unpaired) electrons. The Morgan fingerprint density at radius 2 is 1.90 bits per heavy atom. The molecular formula is C23H17ClN2O4. The van der Waals surface area contributed by atoms with Crippen LogP contribution < -0.4 is 9.47 Å². The summed E-state index contributed by atoms with van der Waals surface area (Å²) in [6.07, 6.45) is 1.66. The van der Waals surface area contributed by atoms with Crippen LogP contribution in [0.5, 0.6) is 11.5 Å². The van der Waals surface area contributed by atoms with Crippen molar-refractivity contribution >= 4 is 28.9 Å². The summed E-state index contributed by atoms with van der Waals surface area (Å²) in [5.41, 5.74) is 2.39. The van der Waals surface area contributed by atoms with Crippen LogP contribution in [0.4, 0.5) is 5.69 Å². The smallest absolute Gasteiger partial charge is 0.269 e. The predicted molar refractivity (Wildman–Crippen MR) is 115 cm³/mol. The molecule has 3 aromatic rings. The van der Waals surface area contributed by atoms with E-state index in [-0.39, 0.29) is 12.3 Å². The Balaban J connectivity index is 1.95. The average molecular weight is 421 g/mol. The number of nitro groups is 1. The second-order valence-corrected chi connectivity index (χ2v) is 6.71. The molecule has 0 spiro atoms. The van der Waals surface area contributed by atoms with E-state index >= 15 is 0 Å². The molecule has 150 valence electrons. The molecule has 0 aliphatic rings. The van der Waals surface area contributed by atoms with E-state index < -0.39 is 4.92 Å². The van der Waals surface area contributed by atoms with E-state index in [0.717, 1.165) is 5.56 Å². The molecule has 0 aliphatic carbocycles. The first-order chi connectivity index (χ1) is 14.5. The summed E-state index contributed by atoms with van der Waals surface area (Å²) in [6, 6.07) is 20.6. The van der Waals surface area contributed by atoms with Crippen LogP contribution >= 0.6 is 11.6 Å². The first-order valence-corrected chi connectivity index (χ1v) is 9.30. The van der Waals surface area contributed by atoms with Gasteiger partial charge < -0.3 is 9.47 Å². The lowest BCUT2D eigenvalue weighted by Crippen LogP contribution is -1.99. The number of non-ortho nitro benzene ring substituents is 1. The van der Waals surface area contributed by atoms with Crippen molar-refractivity contribution in [2.45, 2.75) is 6.61 Å². The Hall–Kier alpha value is -3.82. The molecule has 3 aromatic carbocycles. The van der Waals surface area contributed by atoms with Crippen LogP contribution in [-0.2, 0) is 6.61 Å². The van der Waals surface area contributed by atoms with Gasteiger partial charge in [-0.05, 0) is 47.5 Å². The number of nitriles is 1. The highest BCUT2D eigenvalue weighted by atomic mass is 35.5. The van der Waals surface area contributed by atoms with E-state index in [1.807, 2.05) is 18.2 Å². The summed E-state index contributed by atoms with van der Waals surface area (Å²) in [6.45, 7) is 0.265. The number of hydrogen-bond acceptors (Lipinski definition) is 5. The molecule has 0 N–H and O–H groups in total. The summed E-state index contributed by atoms with van der Waals surface area (Å²) in [4.78, 5) is 10.4. The molecule has 0 amide bonds. The van der Waals surface area contributed by atoms with Gasteiger partial charge in [0, 0.05) is 22.7 Å². The van der Waals surface area contributed by atoms with Crippen LogP contribution in [0.15, 0.2) is 66.7 Å². The van der Waals surface area contributed by atoms with Gasteiger partial charge in [-0.2, -0.15) is 5.26 Å². The Morgan fingerprint density at radius 1 is 1.17 bits per heavy atom. The van der Waals surface area contributed by atoms with E-state index in [1.54, 1.807) is 42.5 Å². The maximum absolute atomic E-state index is 10.9. The lowest BCUT2D eigenvalue weighted by molar-refractivity contribution is -0.384. The van der Waals surface area contributed by atoms with E-state index in [2.05, 4.69) is 6.07 Å². The first kappa shape index (κ1) is 20.9. The fourth-order valence-corrected chi connectivity index (χ4v) is 3.06. The number of nitrogens with zero attached hydrogens (tertiary/aromatic N) is 2. The molecule has 3 rings (SSSR count). The quantitative estimate of drug-likeness (QED) is 0.205. The Kier molecular flexibility index (Phi) is 6.68. The fraction of sp³-hybridized carbons (Fsp3) is 0.0870. The van der Waals surface area contributed by atoms with Crippen molar-refractivity contribution in [3.63, 3.8) is 0 Å². The molecule has 0 bridgehead atoms. The monoisotopic (exact) mass is 420 g/mol. The molecule has 6 nitrogen and oxygen atoms in total. The maximum Gasteiger partial charge on any atom is 0.269 e. The lowest BCUT2D eigenvalue weighted by Gasteiger charge is -2.14. The minimum absolute atomic E-state index is 0.0389. The largest absolute Gasteiger partial charge is 0.493 e. The highest BCUT2D eigenvalue weighted by Gasteiger charge is 2.12. The zero-order valence-electron chi connectivity index (χ0n) is 16.0. The van der Waals surface area contributed by atoms with Gasteiger partial charge in [-0.1, -0.05) is 35.9 Å². The van der Waals surface area contributed by atoms with Crippen molar-refractivity contribution in [3.8, 4) is 17.6 Å². The number of nitro benzene ring substituents is 1. The normalized spacial score (nSPS) is 10.9. The van der Waals surface area contributed by atoms with Gasteiger partial charge in [0.15, 0.2) is 11.5 Å². The topological polar surface area (TPSA) is 85.4 Å². The number of rotatable bonds is 7. The van der Waals surface area contributed by atoms with Gasteiger partial charge in [0.25, 0.3) is 5.69 Å². The Bertz CT molecular complexity index is 1130. The summed E-state index contributed by atoms with van der Waals surface area (Å²) in [5, 5.41) is 21.1. The molecule has 0 aliphatic heterocycles. The number of ether oxygens (including phenoxy) is 2. The number of methoxy groups -OCH3 is 1. The highest BCUT2D eigenvalue weighted by Crippen LogP contribution is 2.34. The van der Waals surface area contributed by atoms with Crippen LogP contribution in [-0.4, -0.2) is 12.0 Å². The second kappa shape index (κ2) is 9.59. The Morgan fingerprint density at radius 3 is 2.53 bits per heavy atom. The molecule has 0 aromatic heterocycles. The molecule has 0 saturated carbocycles. The molecule has 0 saturated heterocycles. The van der Waals surface area contributed by atoms with Gasteiger partial charge in [-0.3, -0.25) is 10.1 Å². The van der Waals surface area contributed by atoms with E-state index in [0.29, 0.717) is 33.2 Å². The SMILES string of the molecule is COc1cccc(C=C(C#N)c2ccc([N+](=O)[O-])cc2)c1OCc1cccc(Cl)c1. The highest BCUT2D eigenvalue weighted by molar-refractivity contribution is 6.30. The van der Waals surface area contributed by atoms with Crippen molar-refractivity contribution in [3.05, 3.63) is 98.6 Å². The van der Waals surface area contributed by atoms with E-state index in [4.69, 9.17) is 21.1 Å². The lowest BCUT2D eigenvalue weighted by atomic mass is 10.0. The number of halogens is 1. The molecular weight excluding hydrogens is 404 g/mol. The van der Waals surface area contributed by atoms with Crippen molar-refractivity contribution in [1.29, 1.82) is 5.26 Å². The van der Waals surface area contributed by atoms with Crippen molar-refractivity contribution < 1.29 is 14.4 Å². The third-order valence-corrected chi connectivity index (χ3v) is 4.55. The minimum Gasteiger partial charge on any atom is -0.493 e. The summed E-state index contributed by atoms with van der Waals surface area (Å²) >= 11 is 6.03.